The standard InChI is InChI=1S/C20H26N2O2.ClH/c1-15(17-9-5-7-16-6-3-4-8-18(16)17)22-19(23)20(14-24-2)10-12-21-13-11-20;/h3-9,15,21H,10-14H2,1-2H3,(H,22,23);1H. The number of carbonyl (C=O) groups is 1. The van der Waals surface area contributed by atoms with Crippen LogP contribution in [0.4, 0.5) is 0 Å². The molecule has 0 saturated carbocycles. The Hall–Kier alpha value is -1.62. The van der Waals surface area contributed by atoms with E-state index in [2.05, 4.69) is 47.9 Å². The molecule has 0 bridgehead atoms. The van der Waals surface area contributed by atoms with Crippen molar-refractivity contribution in [2.24, 2.45) is 5.41 Å². The maximum Gasteiger partial charge on any atom is 0.229 e. The first kappa shape index (κ1) is 19.7. The molecule has 0 aliphatic carbocycles. The van der Waals surface area contributed by atoms with Gasteiger partial charge in [-0.05, 0) is 49.2 Å². The highest BCUT2D eigenvalue weighted by Gasteiger charge is 2.40. The van der Waals surface area contributed by atoms with E-state index in [0.29, 0.717) is 6.61 Å². The van der Waals surface area contributed by atoms with Gasteiger partial charge in [-0.15, -0.1) is 12.4 Å². The number of fused-ring (bicyclic) bond motifs is 1. The van der Waals surface area contributed by atoms with Crippen molar-refractivity contribution >= 4 is 29.1 Å². The van der Waals surface area contributed by atoms with E-state index in [9.17, 15) is 4.79 Å². The van der Waals surface area contributed by atoms with Crippen molar-refractivity contribution in [1.29, 1.82) is 0 Å². The molecule has 1 atom stereocenters. The SMILES string of the molecule is COCC1(C(=O)NC(C)c2cccc3ccccc23)CCNCC1.Cl. The van der Waals surface area contributed by atoms with Gasteiger partial charge in [0, 0.05) is 7.11 Å². The van der Waals surface area contributed by atoms with Crippen LogP contribution in [-0.4, -0.2) is 32.7 Å². The van der Waals surface area contributed by atoms with E-state index in [4.69, 9.17) is 4.74 Å². The number of piperidine rings is 1. The lowest BCUT2D eigenvalue weighted by molar-refractivity contribution is -0.136. The molecular weight excluding hydrogens is 336 g/mol. The van der Waals surface area contributed by atoms with Gasteiger partial charge >= 0.3 is 0 Å². The van der Waals surface area contributed by atoms with Crippen LogP contribution in [0.5, 0.6) is 0 Å². The summed E-state index contributed by atoms with van der Waals surface area (Å²) in [7, 11) is 1.67. The van der Waals surface area contributed by atoms with Crippen LogP contribution in [0, 0.1) is 5.41 Å². The second-order valence-corrected chi connectivity index (χ2v) is 6.73. The minimum absolute atomic E-state index is 0. The smallest absolute Gasteiger partial charge is 0.229 e. The van der Waals surface area contributed by atoms with Crippen LogP contribution < -0.4 is 10.6 Å². The molecule has 1 fully saturated rings. The predicted molar refractivity (Wildman–Crippen MR) is 104 cm³/mol. The van der Waals surface area contributed by atoms with Crippen LogP contribution in [0.15, 0.2) is 42.5 Å². The van der Waals surface area contributed by atoms with Gasteiger partial charge in [0.05, 0.1) is 18.1 Å². The Labute approximate surface area is 155 Å². The minimum Gasteiger partial charge on any atom is -0.384 e. The molecule has 1 heterocycles. The third-order valence-electron chi connectivity index (χ3n) is 5.10. The third kappa shape index (κ3) is 4.14. The zero-order valence-electron chi connectivity index (χ0n) is 14.9. The number of nitrogens with one attached hydrogen (secondary N) is 2. The van der Waals surface area contributed by atoms with Crippen molar-refractivity contribution in [2.45, 2.75) is 25.8 Å². The summed E-state index contributed by atoms with van der Waals surface area (Å²) in [4.78, 5) is 13.0. The van der Waals surface area contributed by atoms with Gasteiger partial charge < -0.3 is 15.4 Å². The fourth-order valence-electron chi connectivity index (χ4n) is 3.67. The highest BCUT2D eigenvalue weighted by Crippen LogP contribution is 2.31. The van der Waals surface area contributed by atoms with Crippen LogP contribution in [-0.2, 0) is 9.53 Å². The fourth-order valence-corrected chi connectivity index (χ4v) is 3.67. The van der Waals surface area contributed by atoms with E-state index in [1.54, 1.807) is 7.11 Å². The summed E-state index contributed by atoms with van der Waals surface area (Å²) < 4.78 is 5.37. The molecule has 2 aromatic rings. The Bertz CT molecular complexity index is 703. The topological polar surface area (TPSA) is 50.4 Å². The Morgan fingerprint density at radius 1 is 1.20 bits per heavy atom. The molecule has 25 heavy (non-hydrogen) atoms. The van der Waals surface area contributed by atoms with Gasteiger partial charge in [-0.1, -0.05) is 42.5 Å². The van der Waals surface area contributed by atoms with Gasteiger partial charge in [0.25, 0.3) is 0 Å². The molecule has 1 unspecified atom stereocenters. The first-order chi connectivity index (χ1) is 11.7. The number of hydrogen-bond acceptors (Lipinski definition) is 3. The quantitative estimate of drug-likeness (QED) is 0.856. The predicted octanol–water partition coefficient (Wildman–Crippen LogP) is 3.46. The van der Waals surface area contributed by atoms with E-state index in [-0.39, 0.29) is 24.4 Å². The molecule has 3 rings (SSSR count). The van der Waals surface area contributed by atoms with E-state index < -0.39 is 5.41 Å². The highest BCUT2D eigenvalue weighted by atomic mass is 35.5. The number of halogens is 1. The zero-order valence-corrected chi connectivity index (χ0v) is 15.7. The summed E-state index contributed by atoms with van der Waals surface area (Å²) in [5.41, 5.74) is 0.738. The lowest BCUT2D eigenvalue weighted by Gasteiger charge is -2.36. The lowest BCUT2D eigenvalue weighted by atomic mass is 9.78. The second kappa shape index (κ2) is 8.65. The molecule has 2 aromatic carbocycles. The third-order valence-corrected chi connectivity index (χ3v) is 5.10. The molecule has 0 aromatic heterocycles. The fraction of sp³-hybridized carbons (Fsp3) is 0.450. The number of amides is 1. The van der Waals surface area contributed by atoms with E-state index in [1.165, 1.54) is 10.8 Å². The molecule has 1 amide bonds. The van der Waals surface area contributed by atoms with Crippen LogP contribution in [0.25, 0.3) is 10.8 Å². The summed E-state index contributed by atoms with van der Waals surface area (Å²) in [6.45, 7) is 4.25. The second-order valence-electron chi connectivity index (χ2n) is 6.73. The molecule has 1 aliphatic heterocycles. The first-order valence-corrected chi connectivity index (χ1v) is 8.64. The molecule has 136 valence electrons. The van der Waals surface area contributed by atoms with Gasteiger partial charge in [-0.3, -0.25) is 4.79 Å². The van der Waals surface area contributed by atoms with Crippen molar-refractivity contribution in [2.75, 3.05) is 26.8 Å². The number of carbonyl (C=O) groups excluding carboxylic acids is 1. The largest absolute Gasteiger partial charge is 0.384 e. The molecule has 1 saturated heterocycles. The normalized spacial score (nSPS) is 17.5. The molecule has 2 N–H and O–H groups in total. The monoisotopic (exact) mass is 362 g/mol. The summed E-state index contributed by atoms with van der Waals surface area (Å²) in [6.07, 6.45) is 1.63. The zero-order chi connectivity index (χ0) is 17.0. The molecule has 1 aliphatic rings. The Morgan fingerprint density at radius 3 is 2.60 bits per heavy atom. The number of ether oxygens (including phenoxy) is 1. The maximum absolute atomic E-state index is 13.0. The first-order valence-electron chi connectivity index (χ1n) is 8.64. The average Bonchev–Trinajstić information content (AvgIpc) is 2.62. The highest BCUT2D eigenvalue weighted by molar-refractivity contribution is 5.88. The van der Waals surface area contributed by atoms with Gasteiger partial charge in [0.1, 0.15) is 0 Å². The Balaban J connectivity index is 0.00000225. The van der Waals surface area contributed by atoms with Gasteiger partial charge in [-0.2, -0.15) is 0 Å². The molecular formula is C20H27ClN2O2. The maximum atomic E-state index is 13.0. The van der Waals surface area contributed by atoms with Crippen molar-refractivity contribution in [1.82, 2.24) is 10.6 Å². The van der Waals surface area contributed by atoms with Crippen LogP contribution in [0.1, 0.15) is 31.4 Å². The van der Waals surface area contributed by atoms with Crippen LogP contribution in [0.3, 0.4) is 0 Å². The Kier molecular flexibility index (Phi) is 6.82. The molecule has 0 spiro atoms. The summed E-state index contributed by atoms with van der Waals surface area (Å²) in [5, 5.41) is 8.96. The molecule has 5 heteroatoms. The lowest BCUT2D eigenvalue weighted by Crippen LogP contribution is -2.50. The van der Waals surface area contributed by atoms with E-state index in [1.807, 2.05) is 12.1 Å². The van der Waals surface area contributed by atoms with Gasteiger partial charge in [0.15, 0.2) is 0 Å². The van der Waals surface area contributed by atoms with E-state index >= 15 is 0 Å². The van der Waals surface area contributed by atoms with Crippen LogP contribution in [0.2, 0.25) is 0 Å². The van der Waals surface area contributed by atoms with Crippen molar-refractivity contribution in [3.05, 3.63) is 48.0 Å². The van der Waals surface area contributed by atoms with Gasteiger partial charge in [0.2, 0.25) is 5.91 Å². The van der Waals surface area contributed by atoms with E-state index in [0.717, 1.165) is 31.5 Å². The minimum atomic E-state index is -0.418. The summed E-state index contributed by atoms with van der Waals surface area (Å²) in [5.74, 6) is 0.103. The number of benzene rings is 2. The van der Waals surface area contributed by atoms with Crippen LogP contribution >= 0.6 is 12.4 Å². The number of rotatable bonds is 5. The summed E-state index contributed by atoms with van der Waals surface area (Å²) in [6, 6.07) is 14.5. The van der Waals surface area contributed by atoms with Crippen molar-refractivity contribution in [3.8, 4) is 0 Å². The number of hydrogen-bond donors (Lipinski definition) is 2. The number of methoxy groups -OCH3 is 1. The van der Waals surface area contributed by atoms with Crippen molar-refractivity contribution in [3.63, 3.8) is 0 Å². The van der Waals surface area contributed by atoms with Gasteiger partial charge in [-0.25, -0.2) is 0 Å². The summed E-state index contributed by atoms with van der Waals surface area (Å²) >= 11 is 0. The Morgan fingerprint density at radius 2 is 1.88 bits per heavy atom. The molecule has 4 nitrogen and oxygen atoms in total. The average molecular weight is 363 g/mol. The van der Waals surface area contributed by atoms with Crippen molar-refractivity contribution < 1.29 is 9.53 Å². The molecule has 0 radical (unpaired) electrons.